The van der Waals surface area contributed by atoms with Gasteiger partial charge in [-0.05, 0) is 61.0 Å². The van der Waals surface area contributed by atoms with Gasteiger partial charge < -0.3 is 9.15 Å². The second-order valence-corrected chi connectivity index (χ2v) is 9.93. The highest BCUT2D eigenvalue weighted by molar-refractivity contribution is 6.31. The molecule has 7 nitrogen and oxygen atoms in total. The SMILES string of the molecule is O=C(CCCN1C(=O)c2ccccc2C1=O)Oc1ccc(N=c2cc(-c3ccccc3)oc3ccc(Cl)cc23)cc1. The van der Waals surface area contributed by atoms with Crippen LogP contribution in [0.1, 0.15) is 33.6 Å². The summed E-state index contributed by atoms with van der Waals surface area (Å²) in [5, 5.41) is 2.03. The molecule has 0 atom stereocenters. The molecule has 0 bridgehead atoms. The third kappa shape index (κ3) is 5.53. The molecule has 2 amide bonds. The van der Waals surface area contributed by atoms with E-state index in [1.807, 2.05) is 48.5 Å². The molecule has 0 saturated heterocycles. The Hall–Kier alpha value is -5.01. The summed E-state index contributed by atoms with van der Waals surface area (Å²) in [5.41, 5.74) is 3.01. The van der Waals surface area contributed by atoms with Crippen LogP contribution < -0.4 is 10.1 Å². The maximum atomic E-state index is 12.5. The zero-order chi connectivity index (χ0) is 28.3. The Morgan fingerprint density at radius 2 is 1.51 bits per heavy atom. The van der Waals surface area contributed by atoms with Gasteiger partial charge in [-0.25, -0.2) is 4.99 Å². The zero-order valence-corrected chi connectivity index (χ0v) is 22.5. The summed E-state index contributed by atoms with van der Waals surface area (Å²) in [6.45, 7) is 0.144. The Morgan fingerprint density at radius 1 is 0.829 bits per heavy atom. The van der Waals surface area contributed by atoms with Crippen LogP contribution in [0.2, 0.25) is 5.02 Å². The fraction of sp³-hybridized carbons (Fsp3) is 0.0909. The van der Waals surface area contributed by atoms with Crippen LogP contribution >= 0.6 is 11.6 Å². The number of carbonyl (C=O) groups is 3. The van der Waals surface area contributed by atoms with Crippen LogP contribution in [-0.2, 0) is 4.79 Å². The van der Waals surface area contributed by atoms with E-state index >= 15 is 0 Å². The maximum absolute atomic E-state index is 12.5. The molecule has 41 heavy (non-hydrogen) atoms. The molecule has 202 valence electrons. The van der Waals surface area contributed by atoms with Crippen molar-refractivity contribution in [3.05, 3.63) is 125 Å². The second kappa shape index (κ2) is 11.2. The molecular weight excluding hydrogens is 540 g/mol. The van der Waals surface area contributed by atoms with Crippen LogP contribution in [0.25, 0.3) is 22.3 Å². The lowest BCUT2D eigenvalue weighted by molar-refractivity contribution is -0.134. The highest BCUT2D eigenvalue weighted by Gasteiger charge is 2.34. The monoisotopic (exact) mass is 562 g/mol. The second-order valence-electron chi connectivity index (χ2n) is 9.49. The van der Waals surface area contributed by atoms with E-state index in [-0.39, 0.29) is 24.8 Å². The lowest BCUT2D eigenvalue weighted by atomic mass is 10.1. The molecular formula is C33H23ClN2O5. The minimum Gasteiger partial charge on any atom is -0.456 e. The molecule has 8 heteroatoms. The van der Waals surface area contributed by atoms with Crippen LogP contribution in [0.15, 0.2) is 113 Å². The van der Waals surface area contributed by atoms with Crippen molar-refractivity contribution in [1.82, 2.24) is 4.90 Å². The number of amides is 2. The summed E-state index contributed by atoms with van der Waals surface area (Å²) in [5.74, 6) is -0.0849. The summed E-state index contributed by atoms with van der Waals surface area (Å²) in [6, 6.07) is 30.6. The average molecular weight is 563 g/mol. The summed E-state index contributed by atoms with van der Waals surface area (Å²) in [7, 11) is 0. The molecule has 0 N–H and O–H groups in total. The van der Waals surface area contributed by atoms with Crippen molar-refractivity contribution in [2.24, 2.45) is 4.99 Å². The number of hydrogen-bond donors (Lipinski definition) is 0. The van der Waals surface area contributed by atoms with E-state index in [0.717, 1.165) is 10.9 Å². The fourth-order valence-electron chi connectivity index (χ4n) is 4.71. The van der Waals surface area contributed by atoms with Gasteiger partial charge in [0.25, 0.3) is 11.8 Å². The van der Waals surface area contributed by atoms with Crippen LogP contribution in [0, 0.1) is 0 Å². The van der Waals surface area contributed by atoms with E-state index < -0.39 is 5.97 Å². The number of fused-ring (bicyclic) bond motifs is 2. The number of rotatable bonds is 7. The van der Waals surface area contributed by atoms with Crippen molar-refractivity contribution in [2.45, 2.75) is 12.8 Å². The van der Waals surface area contributed by atoms with E-state index in [0.29, 0.717) is 50.7 Å². The van der Waals surface area contributed by atoms with Crippen LogP contribution in [0.3, 0.4) is 0 Å². The van der Waals surface area contributed by atoms with Crippen molar-refractivity contribution in [2.75, 3.05) is 6.54 Å². The number of halogens is 1. The van der Waals surface area contributed by atoms with Gasteiger partial charge in [0.1, 0.15) is 17.1 Å². The molecule has 6 rings (SSSR count). The Morgan fingerprint density at radius 3 is 2.22 bits per heavy atom. The van der Waals surface area contributed by atoms with Gasteiger partial charge >= 0.3 is 5.97 Å². The van der Waals surface area contributed by atoms with E-state index in [4.69, 9.17) is 25.7 Å². The third-order valence-corrected chi connectivity index (χ3v) is 6.96. The van der Waals surface area contributed by atoms with Crippen LogP contribution in [-0.4, -0.2) is 29.2 Å². The van der Waals surface area contributed by atoms with Crippen molar-refractivity contribution in [1.29, 1.82) is 0 Å². The summed E-state index contributed by atoms with van der Waals surface area (Å²) in [6.07, 6.45) is 0.359. The number of ether oxygens (including phenoxy) is 1. The predicted octanol–water partition coefficient (Wildman–Crippen LogP) is 6.97. The molecule has 0 fully saturated rings. The molecule has 2 heterocycles. The predicted molar refractivity (Wildman–Crippen MR) is 155 cm³/mol. The molecule has 0 saturated carbocycles. The highest BCUT2D eigenvalue weighted by Crippen LogP contribution is 2.26. The van der Waals surface area contributed by atoms with Crippen molar-refractivity contribution < 1.29 is 23.5 Å². The van der Waals surface area contributed by atoms with Crippen molar-refractivity contribution >= 4 is 46.0 Å². The molecule has 1 aromatic heterocycles. The highest BCUT2D eigenvalue weighted by atomic mass is 35.5. The Balaban J connectivity index is 1.14. The normalized spacial score (nSPS) is 13.1. The number of imide groups is 1. The zero-order valence-electron chi connectivity index (χ0n) is 21.7. The van der Waals surface area contributed by atoms with Gasteiger partial charge in [-0.1, -0.05) is 54.1 Å². The first-order valence-electron chi connectivity index (χ1n) is 13.1. The molecule has 0 aliphatic carbocycles. The van der Waals surface area contributed by atoms with Crippen LogP contribution in [0.4, 0.5) is 5.69 Å². The Bertz CT molecular complexity index is 1830. The molecule has 5 aromatic rings. The van der Waals surface area contributed by atoms with Gasteiger partial charge in [-0.2, -0.15) is 0 Å². The molecule has 1 aliphatic rings. The van der Waals surface area contributed by atoms with Gasteiger partial charge in [-0.15, -0.1) is 0 Å². The number of esters is 1. The number of benzene rings is 4. The Labute approximate surface area is 240 Å². The Kier molecular flexibility index (Phi) is 7.18. The number of hydrogen-bond acceptors (Lipinski definition) is 6. The van der Waals surface area contributed by atoms with Crippen molar-refractivity contribution in [3.8, 4) is 17.1 Å². The number of carbonyl (C=O) groups excluding carboxylic acids is 3. The molecule has 4 aromatic carbocycles. The maximum Gasteiger partial charge on any atom is 0.311 e. The van der Waals surface area contributed by atoms with E-state index in [1.54, 1.807) is 54.6 Å². The summed E-state index contributed by atoms with van der Waals surface area (Å²) >= 11 is 6.26. The van der Waals surface area contributed by atoms with Gasteiger partial charge in [0.15, 0.2) is 0 Å². The van der Waals surface area contributed by atoms with E-state index in [9.17, 15) is 14.4 Å². The average Bonchev–Trinajstić information content (AvgIpc) is 3.23. The van der Waals surface area contributed by atoms with Crippen molar-refractivity contribution in [3.63, 3.8) is 0 Å². The van der Waals surface area contributed by atoms with Gasteiger partial charge in [-0.3, -0.25) is 19.3 Å². The van der Waals surface area contributed by atoms with Gasteiger partial charge in [0.05, 0.1) is 22.2 Å². The minimum absolute atomic E-state index is 0.0576. The summed E-state index contributed by atoms with van der Waals surface area (Å²) < 4.78 is 11.6. The lowest BCUT2D eigenvalue weighted by Gasteiger charge is -2.13. The molecule has 0 unspecified atom stereocenters. The third-order valence-electron chi connectivity index (χ3n) is 6.72. The quantitative estimate of drug-likeness (QED) is 0.121. The topological polar surface area (TPSA) is 89.2 Å². The first kappa shape index (κ1) is 26.2. The summed E-state index contributed by atoms with van der Waals surface area (Å²) in [4.78, 5) is 43.4. The van der Waals surface area contributed by atoms with Gasteiger partial charge in [0, 0.05) is 35.0 Å². The molecule has 1 aliphatic heterocycles. The number of nitrogens with zero attached hydrogens (tertiary/aromatic N) is 2. The van der Waals surface area contributed by atoms with E-state index in [1.165, 1.54) is 4.90 Å². The van der Waals surface area contributed by atoms with Gasteiger partial charge in [0.2, 0.25) is 0 Å². The first-order valence-corrected chi connectivity index (χ1v) is 13.4. The first-order chi connectivity index (χ1) is 20.0. The standard InChI is InChI=1S/C33H23ClN2O5/c34-22-12-17-29-27(19-22)28(20-30(41-29)21-7-2-1-3-8-21)35-23-13-15-24(16-14-23)40-31(37)11-6-18-36-32(38)25-9-4-5-10-26(25)33(36)39/h1-5,7-10,12-17,19-20H,6,11,18H2. The molecule has 0 radical (unpaired) electrons. The molecule has 0 spiro atoms. The van der Waals surface area contributed by atoms with Crippen LogP contribution in [0.5, 0.6) is 5.75 Å². The lowest BCUT2D eigenvalue weighted by Crippen LogP contribution is -2.31. The smallest absolute Gasteiger partial charge is 0.311 e. The fourth-order valence-corrected chi connectivity index (χ4v) is 4.88. The minimum atomic E-state index is -0.455. The van der Waals surface area contributed by atoms with E-state index in [2.05, 4.69) is 0 Å². The largest absolute Gasteiger partial charge is 0.456 e.